The van der Waals surface area contributed by atoms with Crippen LogP contribution in [0, 0.1) is 13.8 Å². The molecule has 204 valence electrons. The van der Waals surface area contributed by atoms with E-state index in [1.165, 1.54) is 6.92 Å². The van der Waals surface area contributed by atoms with Gasteiger partial charge in [0.1, 0.15) is 29.3 Å². The number of benzene rings is 2. The lowest BCUT2D eigenvalue weighted by atomic mass is 10.0. The highest BCUT2D eigenvalue weighted by Gasteiger charge is 2.60. The van der Waals surface area contributed by atoms with Crippen molar-refractivity contribution in [3.8, 4) is 11.3 Å². The van der Waals surface area contributed by atoms with Crippen LogP contribution in [-0.2, 0) is 32.0 Å². The predicted octanol–water partition coefficient (Wildman–Crippen LogP) is 4.49. The lowest BCUT2D eigenvalue weighted by Gasteiger charge is -2.49. The Kier molecular flexibility index (Phi) is 8.05. The Morgan fingerprint density at radius 2 is 1.92 bits per heavy atom. The topological polar surface area (TPSA) is 139 Å². The summed E-state index contributed by atoms with van der Waals surface area (Å²) < 4.78 is 33.7. The molecule has 2 N–H and O–H groups in total. The van der Waals surface area contributed by atoms with E-state index in [1.54, 1.807) is 44.2 Å². The first-order valence-electron chi connectivity index (χ1n) is 11.8. The van der Waals surface area contributed by atoms with Crippen LogP contribution in [0.1, 0.15) is 47.5 Å². The fourth-order valence-corrected chi connectivity index (χ4v) is 5.32. The molecule has 0 saturated carbocycles. The third-order valence-corrected chi connectivity index (χ3v) is 7.50. The quantitative estimate of drug-likeness (QED) is 0.174. The number of allylic oxidation sites excluding steroid dienone is 1. The molecule has 0 bridgehead atoms. The maximum atomic E-state index is 13.5. The second-order valence-corrected chi connectivity index (χ2v) is 10.8. The zero-order chi connectivity index (χ0) is 28.5. The number of esters is 1. The molecule has 12 heteroatoms. The lowest BCUT2D eigenvalue weighted by Crippen LogP contribution is -2.74. The fourth-order valence-electron chi connectivity index (χ4n) is 4.32. The van der Waals surface area contributed by atoms with Crippen LogP contribution in [0.25, 0.3) is 11.3 Å². The van der Waals surface area contributed by atoms with Crippen molar-refractivity contribution in [2.75, 3.05) is 0 Å². The van der Waals surface area contributed by atoms with Crippen LogP contribution in [0.5, 0.6) is 0 Å². The molecule has 3 aromatic rings. The van der Waals surface area contributed by atoms with Gasteiger partial charge in [-0.2, -0.15) is 0 Å². The second kappa shape index (κ2) is 11.1. The average molecular weight is 572 g/mol. The molecular formula is C27H26ClN3O7S. The van der Waals surface area contributed by atoms with Crippen LogP contribution in [0.15, 0.2) is 64.3 Å². The van der Waals surface area contributed by atoms with Gasteiger partial charge in [-0.05, 0) is 44.9 Å². The molecule has 1 aliphatic rings. The molecule has 1 aliphatic heterocycles. The van der Waals surface area contributed by atoms with Gasteiger partial charge in [0.2, 0.25) is 22.0 Å². The van der Waals surface area contributed by atoms with Crippen LogP contribution in [0.3, 0.4) is 0 Å². The second-order valence-electron chi connectivity index (χ2n) is 9.25. The monoisotopic (exact) mass is 571 g/mol. The van der Waals surface area contributed by atoms with Crippen LogP contribution < -0.4 is 5.32 Å². The number of halogens is 1. The molecule has 1 aromatic heterocycles. The largest absolute Gasteiger partial charge is 0.456 e. The maximum Gasteiger partial charge on any atom is 0.355 e. The van der Waals surface area contributed by atoms with Crippen molar-refractivity contribution in [1.29, 1.82) is 0 Å². The molecular weight excluding hydrogens is 546 g/mol. The zero-order valence-corrected chi connectivity index (χ0v) is 23.2. The van der Waals surface area contributed by atoms with Gasteiger partial charge < -0.3 is 19.1 Å². The van der Waals surface area contributed by atoms with Gasteiger partial charge in [0.25, 0.3) is 5.91 Å². The number of nitrogens with one attached hydrogen (secondary N) is 1. The Labute approximate surface area is 232 Å². The normalized spacial score (nSPS) is 17.3. The summed E-state index contributed by atoms with van der Waals surface area (Å²) in [5.74, 6) is -2.25. The van der Waals surface area contributed by atoms with E-state index in [9.17, 15) is 23.1 Å². The molecule has 2 amide bonds. The Balaban J connectivity index is 1.65. The van der Waals surface area contributed by atoms with Gasteiger partial charge in [0.05, 0.1) is 11.4 Å². The number of aryl methyl sites for hydroxylation is 2. The molecule has 4 rings (SSSR count). The van der Waals surface area contributed by atoms with Gasteiger partial charge in [0.15, 0.2) is 0 Å². The molecule has 0 spiro atoms. The highest BCUT2D eigenvalue weighted by atomic mass is 35.5. The highest BCUT2D eigenvalue weighted by Crippen LogP contribution is 2.39. The molecule has 1 fully saturated rings. The Bertz CT molecular complexity index is 1530. The van der Waals surface area contributed by atoms with Crippen molar-refractivity contribution in [1.82, 2.24) is 15.4 Å². The number of amides is 2. The van der Waals surface area contributed by atoms with E-state index in [4.69, 9.17) is 20.9 Å². The third-order valence-electron chi connectivity index (χ3n) is 6.16. The SMILES string of the molecule is CC(C)=C(C(=O)OCc1cccc(C)c1)N1C(=O)CC1(NC(=O)c1c(-c2ccccc2Cl)noc1C)S(=O)O. The van der Waals surface area contributed by atoms with Crippen molar-refractivity contribution >= 4 is 40.5 Å². The van der Waals surface area contributed by atoms with E-state index in [0.717, 1.165) is 16.0 Å². The van der Waals surface area contributed by atoms with Gasteiger partial charge in [-0.1, -0.05) is 64.8 Å². The number of carbonyl (C=O) groups excluding carboxylic acids is 3. The van der Waals surface area contributed by atoms with Crippen molar-refractivity contribution in [2.24, 2.45) is 0 Å². The molecule has 2 atom stereocenters. The Morgan fingerprint density at radius 1 is 1.21 bits per heavy atom. The Hall–Kier alpha value is -3.80. The van der Waals surface area contributed by atoms with Gasteiger partial charge >= 0.3 is 5.97 Å². The molecule has 0 aliphatic carbocycles. The van der Waals surface area contributed by atoms with E-state index in [2.05, 4.69) is 10.5 Å². The number of rotatable bonds is 8. The van der Waals surface area contributed by atoms with Crippen molar-refractivity contribution < 1.29 is 32.4 Å². The summed E-state index contributed by atoms with van der Waals surface area (Å²) in [6.07, 6.45) is -0.532. The number of ether oxygens (including phenoxy) is 1. The van der Waals surface area contributed by atoms with Gasteiger partial charge in [-0.15, -0.1) is 0 Å². The van der Waals surface area contributed by atoms with Gasteiger partial charge in [0, 0.05) is 5.56 Å². The summed E-state index contributed by atoms with van der Waals surface area (Å²) in [6.45, 7) is 6.43. The van der Waals surface area contributed by atoms with Gasteiger partial charge in [-0.25, -0.2) is 9.00 Å². The average Bonchev–Trinajstić information content (AvgIpc) is 3.26. The van der Waals surface area contributed by atoms with Gasteiger partial charge in [-0.3, -0.25) is 14.5 Å². The summed E-state index contributed by atoms with van der Waals surface area (Å²) >= 11 is 3.47. The van der Waals surface area contributed by atoms with Crippen LogP contribution in [0.2, 0.25) is 5.02 Å². The van der Waals surface area contributed by atoms with Crippen LogP contribution >= 0.6 is 11.6 Å². The number of hydrogen-bond acceptors (Lipinski definition) is 7. The molecule has 2 unspecified atom stereocenters. The third kappa shape index (κ3) is 5.38. The Morgan fingerprint density at radius 3 is 2.54 bits per heavy atom. The molecule has 1 saturated heterocycles. The molecule has 2 heterocycles. The van der Waals surface area contributed by atoms with E-state index in [0.29, 0.717) is 16.2 Å². The summed E-state index contributed by atoms with van der Waals surface area (Å²) in [5, 5.41) is 6.74. The van der Waals surface area contributed by atoms with Crippen molar-refractivity contribution in [2.45, 2.75) is 45.7 Å². The summed E-state index contributed by atoms with van der Waals surface area (Å²) in [4.78, 5) is 38.2. The minimum atomic E-state index is -2.82. The van der Waals surface area contributed by atoms with E-state index >= 15 is 0 Å². The summed E-state index contributed by atoms with van der Waals surface area (Å²) in [7, 11) is 0. The van der Waals surface area contributed by atoms with E-state index in [1.807, 2.05) is 25.1 Å². The number of aromatic nitrogens is 1. The molecule has 2 aromatic carbocycles. The molecule has 0 radical (unpaired) electrons. The summed E-state index contributed by atoms with van der Waals surface area (Å²) in [5.41, 5.74) is 2.30. The van der Waals surface area contributed by atoms with Crippen molar-refractivity contribution in [3.63, 3.8) is 0 Å². The first-order chi connectivity index (χ1) is 18.5. The number of hydrogen-bond donors (Lipinski definition) is 2. The predicted molar refractivity (Wildman–Crippen MR) is 143 cm³/mol. The number of carbonyl (C=O) groups is 3. The molecule has 10 nitrogen and oxygen atoms in total. The number of β-lactam (4-membered cyclic amide) rings is 1. The van der Waals surface area contributed by atoms with Crippen LogP contribution in [0.4, 0.5) is 0 Å². The first kappa shape index (κ1) is 28.2. The highest BCUT2D eigenvalue weighted by molar-refractivity contribution is 7.80. The first-order valence-corrected chi connectivity index (χ1v) is 13.3. The van der Waals surface area contributed by atoms with E-state index in [-0.39, 0.29) is 29.3 Å². The van der Waals surface area contributed by atoms with Crippen LogP contribution in [-0.4, -0.2) is 41.6 Å². The zero-order valence-electron chi connectivity index (χ0n) is 21.6. The maximum absolute atomic E-state index is 13.5. The fraction of sp³-hybridized carbons (Fsp3) is 0.259. The number of nitrogens with zero attached hydrogens (tertiary/aromatic N) is 2. The molecule has 39 heavy (non-hydrogen) atoms. The lowest BCUT2D eigenvalue weighted by molar-refractivity contribution is -0.155. The minimum Gasteiger partial charge on any atom is -0.456 e. The van der Waals surface area contributed by atoms with Crippen molar-refractivity contribution in [3.05, 3.63) is 87.3 Å². The summed E-state index contributed by atoms with van der Waals surface area (Å²) in [6, 6.07) is 14.0. The number of likely N-dealkylation sites (tertiary alicyclic amines) is 1. The van der Waals surface area contributed by atoms with E-state index < -0.39 is 40.3 Å². The standard InChI is InChI=1S/C27H26ClN3O7S/c1-15(2)24(26(34)37-14-18-9-7-8-16(3)12-18)31-21(32)13-27(31,39(35)36)29-25(33)22-17(4)38-30-23(22)19-10-5-6-11-20(19)28/h5-12H,13-14H2,1-4H3,(H,29,33)(H,35,36). The smallest absolute Gasteiger partial charge is 0.355 e. The minimum absolute atomic E-state index is 0.0343.